The van der Waals surface area contributed by atoms with E-state index in [0.29, 0.717) is 17.3 Å². The number of hydrogen-bond acceptors (Lipinski definition) is 3. The minimum Gasteiger partial charge on any atom is -0.331 e. The van der Waals surface area contributed by atoms with E-state index in [9.17, 15) is 22.0 Å². The summed E-state index contributed by atoms with van der Waals surface area (Å²) in [6.45, 7) is 1.68. The van der Waals surface area contributed by atoms with Gasteiger partial charge in [0.05, 0.1) is 18.0 Å². The van der Waals surface area contributed by atoms with Crippen molar-refractivity contribution >= 4 is 27.4 Å². The van der Waals surface area contributed by atoms with Crippen LogP contribution < -0.4 is 15.4 Å². The fraction of sp³-hybridized carbons (Fsp3) is 0.188. The molecular weight excluding hydrogens is 352 g/mol. The molecule has 0 radical (unpaired) electrons. The monoisotopic (exact) mass is 369 g/mol. The van der Waals surface area contributed by atoms with E-state index in [1.807, 2.05) is 0 Å². The molecule has 0 bridgehead atoms. The molecule has 2 aromatic rings. The second kappa shape index (κ2) is 7.47. The van der Waals surface area contributed by atoms with Crippen LogP contribution in [0.2, 0.25) is 0 Å². The van der Waals surface area contributed by atoms with Gasteiger partial charge in [-0.25, -0.2) is 22.0 Å². The number of sulfonamides is 1. The van der Waals surface area contributed by atoms with Crippen molar-refractivity contribution in [3.63, 3.8) is 0 Å². The van der Waals surface area contributed by atoms with Gasteiger partial charge in [0, 0.05) is 11.8 Å². The predicted molar refractivity (Wildman–Crippen MR) is 91.8 cm³/mol. The molecule has 0 saturated carbocycles. The first-order chi connectivity index (χ1) is 11.6. The minimum atomic E-state index is -3.41. The molecule has 0 aliphatic rings. The Morgan fingerprint density at radius 2 is 1.84 bits per heavy atom. The molecule has 0 saturated heterocycles. The van der Waals surface area contributed by atoms with Crippen LogP contribution in [-0.2, 0) is 10.0 Å². The summed E-state index contributed by atoms with van der Waals surface area (Å²) in [5.41, 5.74) is 0.848. The van der Waals surface area contributed by atoms with Crippen molar-refractivity contribution in [2.75, 3.05) is 16.3 Å². The predicted octanol–water partition coefficient (Wildman–Crippen LogP) is 3.22. The van der Waals surface area contributed by atoms with E-state index in [0.717, 1.165) is 18.4 Å². The Labute approximate surface area is 144 Å². The summed E-state index contributed by atoms with van der Waals surface area (Å²) in [6, 6.07) is 8.14. The summed E-state index contributed by atoms with van der Waals surface area (Å²) in [5.74, 6) is -1.63. The molecule has 0 aliphatic carbocycles. The van der Waals surface area contributed by atoms with Crippen molar-refractivity contribution in [3.8, 4) is 0 Å². The van der Waals surface area contributed by atoms with Crippen LogP contribution in [0.5, 0.6) is 0 Å². The van der Waals surface area contributed by atoms with E-state index < -0.39 is 33.7 Å². The molecule has 2 amide bonds. The number of nitrogens with one attached hydrogen (secondary N) is 3. The first-order valence-electron chi connectivity index (χ1n) is 7.24. The Morgan fingerprint density at radius 3 is 2.48 bits per heavy atom. The van der Waals surface area contributed by atoms with E-state index in [4.69, 9.17) is 0 Å². The van der Waals surface area contributed by atoms with Gasteiger partial charge in [0.15, 0.2) is 0 Å². The lowest BCUT2D eigenvalue weighted by molar-refractivity contribution is 0.249. The maximum atomic E-state index is 13.5. The summed E-state index contributed by atoms with van der Waals surface area (Å²) in [7, 11) is -3.41. The lowest BCUT2D eigenvalue weighted by Gasteiger charge is -2.16. The summed E-state index contributed by atoms with van der Waals surface area (Å²) < 4.78 is 51.3. The number of urea groups is 1. The van der Waals surface area contributed by atoms with Gasteiger partial charge in [-0.2, -0.15) is 0 Å². The molecule has 3 N–H and O–H groups in total. The minimum absolute atomic E-state index is 0.154. The number of halogens is 2. The normalized spacial score (nSPS) is 12.3. The van der Waals surface area contributed by atoms with Gasteiger partial charge in [0.2, 0.25) is 10.0 Å². The summed E-state index contributed by atoms with van der Waals surface area (Å²) in [4.78, 5) is 12.0. The second-order valence-electron chi connectivity index (χ2n) is 5.44. The molecule has 0 aliphatic heterocycles. The number of amides is 2. The Bertz CT molecular complexity index is 888. The molecule has 6 nitrogen and oxygen atoms in total. The highest BCUT2D eigenvalue weighted by Gasteiger charge is 2.13. The van der Waals surface area contributed by atoms with E-state index >= 15 is 0 Å². The van der Waals surface area contributed by atoms with Crippen molar-refractivity contribution in [1.29, 1.82) is 0 Å². The molecule has 2 rings (SSSR count). The third kappa shape index (κ3) is 5.71. The molecule has 0 heterocycles. The van der Waals surface area contributed by atoms with Crippen molar-refractivity contribution in [2.24, 2.45) is 0 Å². The van der Waals surface area contributed by atoms with Gasteiger partial charge in [-0.05, 0) is 36.8 Å². The zero-order chi connectivity index (χ0) is 18.6. The van der Waals surface area contributed by atoms with Crippen LogP contribution in [0.3, 0.4) is 0 Å². The molecule has 9 heteroatoms. The van der Waals surface area contributed by atoms with Crippen molar-refractivity contribution < 1.29 is 22.0 Å². The van der Waals surface area contributed by atoms with Gasteiger partial charge < -0.3 is 10.6 Å². The smallest absolute Gasteiger partial charge is 0.319 e. The molecule has 0 fully saturated rings. The topological polar surface area (TPSA) is 87.3 Å². The van der Waals surface area contributed by atoms with E-state index in [2.05, 4.69) is 15.4 Å². The van der Waals surface area contributed by atoms with Crippen molar-refractivity contribution in [3.05, 3.63) is 59.7 Å². The molecule has 0 aromatic heterocycles. The Balaban J connectivity index is 2.04. The third-order valence-corrected chi connectivity index (χ3v) is 3.82. The van der Waals surface area contributed by atoms with Gasteiger partial charge >= 0.3 is 6.03 Å². The number of carbonyl (C=O) groups is 1. The Hall–Kier alpha value is -2.68. The molecular formula is C16H17F2N3O3S. The maximum Gasteiger partial charge on any atom is 0.319 e. The zero-order valence-corrected chi connectivity index (χ0v) is 14.3. The molecule has 2 aromatic carbocycles. The second-order valence-corrected chi connectivity index (χ2v) is 7.19. The number of rotatable bonds is 5. The van der Waals surface area contributed by atoms with Crippen LogP contribution in [0.4, 0.5) is 25.0 Å². The van der Waals surface area contributed by atoms with Gasteiger partial charge in [-0.15, -0.1) is 0 Å². The quantitative estimate of drug-likeness (QED) is 0.756. The van der Waals surface area contributed by atoms with Crippen molar-refractivity contribution in [1.82, 2.24) is 5.32 Å². The van der Waals surface area contributed by atoms with Gasteiger partial charge in [0.1, 0.15) is 11.6 Å². The first kappa shape index (κ1) is 18.7. The van der Waals surface area contributed by atoms with Crippen LogP contribution in [0.1, 0.15) is 18.5 Å². The maximum absolute atomic E-state index is 13.5. The van der Waals surface area contributed by atoms with Gasteiger partial charge in [-0.3, -0.25) is 4.72 Å². The highest BCUT2D eigenvalue weighted by molar-refractivity contribution is 7.92. The molecule has 0 spiro atoms. The summed E-state index contributed by atoms with van der Waals surface area (Å²) >= 11 is 0. The van der Waals surface area contributed by atoms with Crippen LogP contribution in [-0.4, -0.2) is 20.7 Å². The first-order valence-corrected chi connectivity index (χ1v) is 9.13. The Morgan fingerprint density at radius 1 is 1.12 bits per heavy atom. The van der Waals surface area contributed by atoms with Crippen LogP contribution in [0.15, 0.2) is 42.5 Å². The number of hydrogen-bond donors (Lipinski definition) is 3. The SMILES string of the molecule is CC(NC(=O)Nc1ccc(F)cc1F)c1cccc(NS(C)(=O)=O)c1. The summed E-state index contributed by atoms with van der Waals surface area (Å²) in [6.07, 6.45) is 1.03. The fourth-order valence-electron chi connectivity index (χ4n) is 2.11. The highest BCUT2D eigenvalue weighted by Crippen LogP contribution is 2.19. The number of anilines is 2. The molecule has 1 atom stereocenters. The lowest BCUT2D eigenvalue weighted by Crippen LogP contribution is -2.31. The van der Waals surface area contributed by atoms with Gasteiger partial charge in [0.25, 0.3) is 0 Å². The van der Waals surface area contributed by atoms with Crippen molar-refractivity contribution in [2.45, 2.75) is 13.0 Å². The zero-order valence-electron chi connectivity index (χ0n) is 13.5. The molecule has 1 unspecified atom stereocenters. The summed E-state index contributed by atoms with van der Waals surface area (Å²) in [5, 5.41) is 4.88. The third-order valence-electron chi connectivity index (χ3n) is 3.22. The lowest BCUT2D eigenvalue weighted by atomic mass is 10.1. The van der Waals surface area contributed by atoms with Crippen LogP contribution in [0, 0.1) is 11.6 Å². The average Bonchev–Trinajstić information content (AvgIpc) is 2.48. The van der Waals surface area contributed by atoms with E-state index in [-0.39, 0.29) is 5.69 Å². The van der Waals surface area contributed by atoms with E-state index in [1.54, 1.807) is 31.2 Å². The average molecular weight is 369 g/mol. The molecule has 25 heavy (non-hydrogen) atoms. The van der Waals surface area contributed by atoms with Gasteiger partial charge in [-0.1, -0.05) is 12.1 Å². The standard InChI is InChI=1S/C16H17F2N3O3S/c1-10(11-4-3-5-13(8-11)21-25(2,23)24)19-16(22)20-15-7-6-12(17)9-14(15)18/h3-10,21H,1-2H3,(H2,19,20,22). The Kier molecular flexibility index (Phi) is 5.58. The van der Waals surface area contributed by atoms with Crippen LogP contribution >= 0.6 is 0 Å². The fourth-order valence-corrected chi connectivity index (χ4v) is 2.67. The largest absolute Gasteiger partial charge is 0.331 e. The van der Waals surface area contributed by atoms with Crippen LogP contribution in [0.25, 0.3) is 0 Å². The van der Waals surface area contributed by atoms with E-state index in [1.165, 1.54) is 0 Å². The number of benzene rings is 2. The number of carbonyl (C=O) groups excluding carboxylic acids is 1. The molecule has 134 valence electrons. The highest BCUT2D eigenvalue weighted by atomic mass is 32.2.